The molecule has 1 aliphatic heterocycles. The average molecular weight is 467 g/mol. The zero-order chi connectivity index (χ0) is 17.4. The fraction of sp³-hybridized carbons (Fsp3) is 0.944. The molecule has 0 radical (unpaired) electrons. The Bertz CT molecular complexity index is 401. The van der Waals surface area contributed by atoms with Gasteiger partial charge in [0, 0.05) is 59.5 Å². The number of rotatable bonds is 7. The van der Waals surface area contributed by atoms with Crippen molar-refractivity contribution in [2.24, 2.45) is 10.4 Å². The molecule has 0 spiro atoms. The molecular weight excluding hydrogens is 429 g/mol. The third-order valence-electron chi connectivity index (χ3n) is 5.84. The van der Waals surface area contributed by atoms with E-state index in [0.717, 1.165) is 51.7 Å². The summed E-state index contributed by atoms with van der Waals surface area (Å²) < 4.78 is 5.33. The van der Waals surface area contributed by atoms with Crippen molar-refractivity contribution in [2.45, 2.75) is 38.1 Å². The van der Waals surface area contributed by atoms with Crippen molar-refractivity contribution >= 4 is 29.9 Å². The van der Waals surface area contributed by atoms with E-state index in [0.29, 0.717) is 11.5 Å². The van der Waals surface area contributed by atoms with Crippen LogP contribution in [-0.4, -0.2) is 89.4 Å². The average Bonchev–Trinajstić information content (AvgIpc) is 3.05. The first-order valence-electron chi connectivity index (χ1n) is 9.41. The van der Waals surface area contributed by atoms with Gasteiger partial charge in [-0.3, -0.25) is 9.89 Å². The van der Waals surface area contributed by atoms with Gasteiger partial charge in [0.05, 0.1) is 0 Å². The summed E-state index contributed by atoms with van der Waals surface area (Å²) in [5, 5.41) is 7.10. The number of piperazine rings is 1. The van der Waals surface area contributed by atoms with Crippen molar-refractivity contribution < 1.29 is 4.74 Å². The van der Waals surface area contributed by atoms with Gasteiger partial charge in [-0.25, -0.2) is 0 Å². The van der Waals surface area contributed by atoms with Crippen LogP contribution in [0.25, 0.3) is 0 Å². The molecule has 1 saturated carbocycles. The summed E-state index contributed by atoms with van der Waals surface area (Å²) >= 11 is 0. The van der Waals surface area contributed by atoms with Crippen LogP contribution in [0.1, 0.15) is 32.1 Å². The second kappa shape index (κ2) is 11.6. The van der Waals surface area contributed by atoms with Gasteiger partial charge in [0.1, 0.15) is 0 Å². The maximum atomic E-state index is 5.33. The molecule has 0 aromatic heterocycles. The van der Waals surface area contributed by atoms with Crippen molar-refractivity contribution in [1.29, 1.82) is 0 Å². The van der Waals surface area contributed by atoms with Gasteiger partial charge < -0.3 is 20.3 Å². The summed E-state index contributed by atoms with van der Waals surface area (Å²) in [7, 11) is 8.08. The first kappa shape index (κ1) is 22.9. The zero-order valence-electron chi connectivity index (χ0n) is 16.5. The molecule has 1 atom stereocenters. The molecule has 1 aliphatic carbocycles. The Balaban J connectivity index is 0.00000312. The molecule has 1 heterocycles. The number of hydrogen-bond donors (Lipinski definition) is 2. The molecule has 2 fully saturated rings. The first-order chi connectivity index (χ1) is 11.6. The van der Waals surface area contributed by atoms with Gasteiger partial charge >= 0.3 is 0 Å². The largest absolute Gasteiger partial charge is 0.385 e. The SMILES string of the molecule is CN=C(NCC1CN(C)CCN1C)NCC1(CCOC)CCCC1.I. The molecule has 2 N–H and O–H groups in total. The standard InChI is InChI=1S/C18H37N5O.HI/c1-19-17(20-13-16-14-22(2)10-11-23(16)3)21-15-18(9-12-24-4)7-5-6-8-18;/h16H,5-15H2,1-4H3,(H2,19,20,21);1H. The van der Waals surface area contributed by atoms with Crippen molar-refractivity contribution in [3.63, 3.8) is 0 Å². The van der Waals surface area contributed by atoms with Crippen LogP contribution in [0.5, 0.6) is 0 Å². The Labute approximate surface area is 171 Å². The highest BCUT2D eigenvalue weighted by Gasteiger charge is 2.33. The van der Waals surface area contributed by atoms with Crippen LogP contribution in [0.4, 0.5) is 0 Å². The van der Waals surface area contributed by atoms with Crippen LogP contribution in [0.3, 0.4) is 0 Å². The smallest absolute Gasteiger partial charge is 0.191 e. The number of guanidine groups is 1. The van der Waals surface area contributed by atoms with E-state index in [1.54, 1.807) is 7.11 Å². The Morgan fingerprint density at radius 2 is 1.92 bits per heavy atom. The Hall–Kier alpha value is -0.120. The zero-order valence-corrected chi connectivity index (χ0v) is 18.8. The predicted octanol–water partition coefficient (Wildman–Crippen LogP) is 1.61. The van der Waals surface area contributed by atoms with E-state index in [9.17, 15) is 0 Å². The summed E-state index contributed by atoms with van der Waals surface area (Å²) in [6, 6.07) is 0.538. The van der Waals surface area contributed by atoms with Gasteiger partial charge in [-0.1, -0.05) is 12.8 Å². The predicted molar refractivity (Wildman–Crippen MR) is 116 cm³/mol. The van der Waals surface area contributed by atoms with Crippen LogP contribution < -0.4 is 10.6 Å². The van der Waals surface area contributed by atoms with Crippen LogP contribution in [0.2, 0.25) is 0 Å². The normalized spacial score (nSPS) is 24.8. The molecule has 2 rings (SSSR count). The highest BCUT2D eigenvalue weighted by Crippen LogP contribution is 2.40. The van der Waals surface area contributed by atoms with Gasteiger partial charge in [-0.15, -0.1) is 24.0 Å². The summed E-state index contributed by atoms with van der Waals surface area (Å²) in [4.78, 5) is 9.27. The minimum atomic E-state index is 0. The number of nitrogens with zero attached hydrogens (tertiary/aromatic N) is 3. The van der Waals surface area contributed by atoms with Gasteiger partial charge in [0.2, 0.25) is 0 Å². The third-order valence-corrected chi connectivity index (χ3v) is 5.84. The first-order valence-corrected chi connectivity index (χ1v) is 9.41. The molecule has 0 aromatic rings. The van der Waals surface area contributed by atoms with E-state index < -0.39 is 0 Å². The summed E-state index contributed by atoms with van der Waals surface area (Å²) in [5.41, 5.74) is 0.384. The summed E-state index contributed by atoms with van der Waals surface area (Å²) in [6.45, 7) is 6.18. The summed E-state index contributed by atoms with van der Waals surface area (Å²) in [6.07, 6.45) is 6.43. The number of ether oxygens (including phenoxy) is 1. The maximum absolute atomic E-state index is 5.33. The summed E-state index contributed by atoms with van der Waals surface area (Å²) in [5.74, 6) is 0.931. The molecule has 0 amide bonds. The molecule has 1 unspecified atom stereocenters. The van der Waals surface area contributed by atoms with Gasteiger partial charge in [0.15, 0.2) is 5.96 Å². The van der Waals surface area contributed by atoms with Crippen LogP contribution in [0.15, 0.2) is 4.99 Å². The van der Waals surface area contributed by atoms with E-state index in [2.05, 4.69) is 39.5 Å². The molecular formula is C18H38IN5O. The lowest BCUT2D eigenvalue weighted by Gasteiger charge is -2.38. The van der Waals surface area contributed by atoms with Crippen molar-refractivity contribution in [1.82, 2.24) is 20.4 Å². The Morgan fingerprint density at radius 3 is 2.56 bits per heavy atom. The van der Waals surface area contributed by atoms with Crippen LogP contribution in [-0.2, 0) is 4.74 Å². The Morgan fingerprint density at radius 1 is 1.20 bits per heavy atom. The molecule has 0 bridgehead atoms. The van der Waals surface area contributed by atoms with Gasteiger partial charge in [0.25, 0.3) is 0 Å². The fourth-order valence-electron chi connectivity index (χ4n) is 3.99. The minimum absolute atomic E-state index is 0. The van der Waals surface area contributed by atoms with E-state index in [-0.39, 0.29) is 24.0 Å². The van der Waals surface area contributed by atoms with E-state index in [1.807, 2.05) is 7.05 Å². The maximum Gasteiger partial charge on any atom is 0.191 e. The highest BCUT2D eigenvalue weighted by atomic mass is 127. The third kappa shape index (κ3) is 7.19. The van der Waals surface area contributed by atoms with E-state index in [4.69, 9.17) is 4.74 Å². The minimum Gasteiger partial charge on any atom is -0.385 e. The number of halogens is 1. The van der Waals surface area contributed by atoms with Gasteiger partial charge in [-0.2, -0.15) is 0 Å². The lowest BCUT2D eigenvalue weighted by atomic mass is 9.83. The molecule has 148 valence electrons. The van der Waals surface area contributed by atoms with Crippen molar-refractivity contribution in [2.75, 3.05) is 67.6 Å². The number of aliphatic imine (C=N–C) groups is 1. The lowest BCUT2D eigenvalue weighted by molar-refractivity contribution is 0.116. The second-order valence-corrected chi connectivity index (χ2v) is 7.65. The van der Waals surface area contributed by atoms with E-state index >= 15 is 0 Å². The molecule has 1 saturated heterocycles. The molecule has 0 aromatic carbocycles. The van der Waals surface area contributed by atoms with Gasteiger partial charge in [-0.05, 0) is 38.8 Å². The fourth-order valence-corrected chi connectivity index (χ4v) is 3.99. The second-order valence-electron chi connectivity index (χ2n) is 7.65. The van der Waals surface area contributed by atoms with E-state index in [1.165, 1.54) is 25.7 Å². The highest BCUT2D eigenvalue weighted by molar-refractivity contribution is 14.0. The molecule has 25 heavy (non-hydrogen) atoms. The number of hydrogen-bond acceptors (Lipinski definition) is 4. The number of likely N-dealkylation sites (N-methyl/N-ethyl adjacent to an activating group) is 2. The quantitative estimate of drug-likeness (QED) is 0.339. The monoisotopic (exact) mass is 467 g/mol. The number of nitrogens with one attached hydrogen (secondary N) is 2. The van der Waals surface area contributed by atoms with Crippen LogP contribution >= 0.6 is 24.0 Å². The molecule has 7 heteroatoms. The van der Waals surface area contributed by atoms with Crippen molar-refractivity contribution in [3.8, 4) is 0 Å². The van der Waals surface area contributed by atoms with Crippen molar-refractivity contribution in [3.05, 3.63) is 0 Å². The lowest BCUT2D eigenvalue weighted by Crippen LogP contribution is -2.55. The molecule has 6 nitrogen and oxygen atoms in total. The van der Waals surface area contributed by atoms with Crippen LogP contribution in [0, 0.1) is 5.41 Å². The topological polar surface area (TPSA) is 52.1 Å². The molecule has 2 aliphatic rings. The number of methoxy groups -OCH3 is 1. The Kier molecular flexibility index (Phi) is 10.6.